The normalized spacial score (nSPS) is 15.9. The second kappa shape index (κ2) is 8.37. The van der Waals surface area contributed by atoms with Crippen LogP contribution in [0.1, 0.15) is 42.4 Å². The molecule has 2 aromatic carbocycles. The van der Waals surface area contributed by atoms with E-state index in [1.807, 2.05) is 48.5 Å². The molecule has 2 aromatic heterocycles. The van der Waals surface area contributed by atoms with Gasteiger partial charge in [0, 0.05) is 23.4 Å². The van der Waals surface area contributed by atoms with Gasteiger partial charge in [-0.15, -0.1) is 0 Å². The lowest BCUT2D eigenvalue weighted by Gasteiger charge is -2.36. The van der Waals surface area contributed by atoms with Crippen molar-refractivity contribution >= 4 is 12.2 Å². The quantitative estimate of drug-likeness (QED) is 0.349. The molecule has 1 saturated carbocycles. The minimum absolute atomic E-state index is 0.00536. The van der Waals surface area contributed by atoms with E-state index in [0.717, 1.165) is 60.2 Å². The minimum Gasteiger partial charge on any atom is -0.268 e. The van der Waals surface area contributed by atoms with E-state index in [9.17, 15) is 4.79 Å². The molecule has 0 aliphatic heterocycles. The first-order valence-electron chi connectivity index (χ1n) is 11.8. The van der Waals surface area contributed by atoms with E-state index in [2.05, 4.69) is 33.7 Å². The average Bonchev–Trinajstić information content (AvgIpc) is 3.33. The van der Waals surface area contributed by atoms with Crippen LogP contribution in [0.4, 0.5) is 5.95 Å². The van der Waals surface area contributed by atoms with Crippen molar-refractivity contribution in [2.24, 2.45) is 5.10 Å². The highest BCUT2D eigenvalue weighted by Gasteiger charge is 2.44. The lowest BCUT2D eigenvalue weighted by molar-refractivity contribution is 0.425. The highest BCUT2D eigenvalue weighted by molar-refractivity contribution is 5.80. The predicted octanol–water partition coefficient (Wildman–Crippen LogP) is 5.11. The number of nitrogens with zero attached hydrogens (tertiary/aromatic N) is 4. The number of para-hydroxylation sites is 1. The molecule has 0 amide bonds. The maximum atomic E-state index is 14.3. The Labute approximate surface area is 198 Å². The lowest BCUT2D eigenvalue weighted by atomic mass is 9.68. The van der Waals surface area contributed by atoms with Crippen LogP contribution in [0.15, 0.2) is 89.0 Å². The molecule has 0 atom stereocenters. The summed E-state index contributed by atoms with van der Waals surface area (Å²) in [5.41, 5.74) is 8.56. The van der Waals surface area contributed by atoms with Gasteiger partial charge in [0.25, 0.3) is 5.56 Å². The van der Waals surface area contributed by atoms with Crippen LogP contribution < -0.4 is 11.0 Å². The van der Waals surface area contributed by atoms with Crippen LogP contribution in [0.25, 0.3) is 16.9 Å². The number of nitrogens with one attached hydrogen (secondary N) is 1. The first kappa shape index (κ1) is 20.5. The Balaban J connectivity index is 1.57. The molecule has 4 aromatic rings. The van der Waals surface area contributed by atoms with E-state index >= 15 is 0 Å². The standard InChI is InChI=1S/C28H25N5O/c34-26-24-25(23-11-5-4-8-21(23)18-28(24)14-6-7-15-28)31-27(33(26)22-9-2-1-3-10-22)32-30-19-20-12-16-29-17-13-20/h1-5,8-13,16-17,19H,6-7,14-15,18H2,(H,31,32)/b30-19+. The number of rotatable bonds is 4. The molecule has 168 valence electrons. The number of hydrogen-bond donors (Lipinski definition) is 1. The van der Waals surface area contributed by atoms with Crippen molar-refractivity contribution in [3.05, 3.63) is 106 Å². The molecule has 2 aliphatic rings. The fraction of sp³-hybridized carbons (Fsp3) is 0.214. The zero-order valence-electron chi connectivity index (χ0n) is 18.8. The molecule has 2 aliphatic carbocycles. The molecule has 0 bridgehead atoms. The SMILES string of the molecule is O=c1c2c(nc(N/N=C/c3ccncc3)n1-c1ccccc1)-c1ccccc1CC21CCCC1. The van der Waals surface area contributed by atoms with Crippen LogP contribution in [-0.2, 0) is 11.8 Å². The molecular formula is C28H25N5O. The zero-order chi connectivity index (χ0) is 23.0. The third-order valence-corrected chi connectivity index (χ3v) is 7.07. The topological polar surface area (TPSA) is 72.2 Å². The van der Waals surface area contributed by atoms with Crippen molar-refractivity contribution in [1.82, 2.24) is 14.5 Å². The van der Waals surface area contributed by atoms with E-state index in [-0.39, 0.29) is 11.0 Å². The Morgan fingerprint density at radius 2 is 1.68 bits per heavy atom. The van der Waals surface area contributed by atoms with Crippen LogP contribution in [0.2, 0.25) is 0 Å². The molecule has 6 rings (SSSR count). The summed E-state index contributed by atoms with van der Waals surface area (Å²) in [6, 6.07) is 21.8. The molecule has 1 fully saturated rings. The zero-order valence-corrected chi connectivity index (χ0v) is 18.8. The van der Waals surface area contributed by atoms with Gasteiger partial charge in [-0.2, -0.15) is 5.10 Å². The van der Waals surface area contributed by atoms with Crippen LogP contribution >= 0.6 is 0 Å². The Bertz CT molecular complexity index is 1420. The smallest absolute Gasteiger partial charge is 0.263 e. The maximum absolute atomic E-state index is 14.3. The van der Waals surface area contributed by atoms with Gasteiger partial charge in [0.1, 0.15) is 0 Å². The fourth-order valence-electron chi connectivity index (χ4n) is 5.54. The Kier molecular flexibility index (Phi) is 5.06. The first-order valence-corrected chi connectivity index (χ1v) is 11.8. The molecule has 0 radical (unpaired) electrons. The van der Waals surface area contributed by atoms with Crippen molar-refractivity contribution in [3.8, 4) is 16.9 Å². The van der Waals surface area contributed by atoms with Crippen molar-refractivity contribution < 1.29 is 0 Å². The second-order valence-electron chi connectivity index (χ2n) is 9.11. The molecule has 0 unspecified atom stereocenters. The van der Waals surface area contributed by atoms with Gasteiger partial charge in [-0.1, -0.05) is 55.3 Å². The first-order chi connectivity index (χ1) is 16.8. The molecule has 1 spiro atoms. The number of hydrazone groups is 1. The number of pyridine rings is 1. The summed E-state index contributed by atoms with van der Waals surface area (Å²) in [5, 5.41) is 4.41. The number of anilines is 1. The van der Waals surface area contributed by atoms with Gasteiger partial charge in [-0.05, 0) is 54.7 Å². The van der Waals surface area contributed by atoms with Crippen LogP contribution in [0.5, 0.6) is 0 Å². The maximum Gasteiger partial charge on any atom is 0.263 e. The largest absolute Gasteiger partial charge is 0.268 e. The monoisotopic (exact) mass is 447 g/mol. The van der Waals surface area contributed by atoms with E-state index in [0.29, 0.717) is 5.95 Å². The van der Waals surface area contributed by atoms with E-state index in [1.54, 1.807) is 23.2 Å². The van der Waals surface area contributed by atoms with Gasteiger partial charge in [0.2, 0.25) is 5.95 Å². The Morgan fingerprint density at radius 3 is 2.47 bits per heavy atom. The summed E-state index contributed by atoms with van der Waals surface area (Å²) in [6.07, 6.45) is 10.4. The summed E-state index contributed by atoms with van der Waals surface area (Å²) < 4.78 is 1.68. The summed E-state index contributed by atoms with van der Waals surface area (Å²) in [6.45, 7) is 0. The highest BCUT2D eigenvalue weighted by Crippen LogP contribution is 2.50. The number of fused-ring (bicyclic) bond motifs is 4. The van der Waals surface area contributed by atoms with Crippen LogP contribution in [0.3, 0.4) is 0 Å². The summed E-state index contributed by atoms with van der Waals surface area (Å²) in [7, 11) is 0. The van der Waals surface area contributed by atoms with Crippen LogP contribution in [-0.4, -0.2) is 20.7 Å². The van der Waals surface area contributed by atoms with Crippen LogP contribution in [0, 0.1) is 0 Å². The third kappa shape index (κ3) is 3.43. The molecule has 1 N–H and O–H groups in total. The van der Waals surface area contributed by atoms with Gasteiger partial charge in [-0.25, -0.2) is 15.0 Å². The fourth-order valence-corrected chi connectivity index (χ4v) is 5.54. The molecule has 0 saturated heterocycles. The van der Waals surface area contributed by atoms with Gasteiger partial charge < -0.3 is 0 Å². The van der Waals surface area contributed by atoms with E-state index in [1.165, 1.54) is 5.56 Å². The molecule has 6 heteroatoms. The average molecular weight is 448 g/mol. The minimum atomic E-state index is -0.150. The second-order valence-corrected chi connectivity index (χ2v) is 9.11. The Hall–Kier alpha value is -4.06. The van der Waals surface area contributed by atoms with E-state index in [4.69, 9.17) is 4.98 Å². The predicted molar refractivity (Wildman–Crippen MR) is 135 cm³/mol. The highest BCUT2D eigenvalue weighted by atomic mass is 16.1. The summed E-state index contributed by atoms with van der Waals surface area (Å²) in [4.78, 5) is 23.4. The van der Waals surface area contributed by atoms with Crippen molar-refractivity contribution in [2.75, 3.05) is 5.43 Å². The number of aromatic nitrogens is 3. The summed E-state index contributed by atoms with van der Waals surface area (Å²) in [5.74, 6) is 0.408. The van der Waals surface area contributed by atoms with E-state index < -0.39 is 0 Å². The van der Waals surface area contributed by atoms with Crippen molar-refractivity contribution in [1.29, 1.82) is 0 Å². The molecule has 2 heterocycles. The van der Waals surface area contributed by atoms with Crippen molar-refractivity contribution in [2.45, 2.75) is 37.5 Å². The molecule has 6 nitrogen and oxygen atoms in total. The lowest BCUT2D eigenvalue weighted by Crippen LogP contribution is -2.40. The van der Waals surface area contributed by atoms with Gasteiger partial charge in [-0.3, -0.25) is 9.78 Å². The van der Waals surface area contributed by atoms with Crippen molar-refractivity contribution in [3.63, 3.8) is 0 Å². The third-order valence-electron chi connectivity index (χ3n) is 7.07. The van der Waals surface area contributed by atoms with Gasteiger partial charge in [0.05, 0.1) is 23.2 Å². The Morgan fingerprint density at radius 1 is 0.941 bits per heavy atom. The number of benzene rings is 2. The van der Waals surface area contributed by atoms with Gasteiger partial charge >= 0.3 is 0 Å². The van der Waals surface area contributed by atoms with Gasteiger partial charge in [0.15, 0.2) is 0 Å². The molecule has 34 heavy (non-hydrogen) atoms. The molecular weight excluding hydrogens is 422 g/mol. The number of hydrogen-bond acceptors (Lipinski definition) is 5. The summed E-state index contributed by atoms with van der Waals surface area (Å²) >= 11 is 0.